The third kappa shape index (κ3) is 1.12. The van der Waals surface area contributed by atoms with Crippen LogP contribution in [0.15, 0.2) is 36.4 Å². The van der Waals surface area contributed by atoms with Crippen LogP contribution in [0.3, 0.4) is 0 Å². The molecule has 2 aromatic rings. The van der Waals surface area contributed by atoms with Crippen LogP contribution in [0.4, 0.5) is 5.69 Å². The van der Waals surface area contributed by atoms with Gasteiger partial charge in [0.2, 0.25) is 0 Å². The van der Waals surface area contributed by atoms with Gasteiger partial charge in [0, 0.05) is 6.07 Å². The van der Waals surface area contributed by atoms with Gasteiger partial charge < -0.3 is 0 Å². The van der Waals surface area contributed by atoms with Crippen molar-refractivity contribution in [3.63, 3.8) is 0 Å². The first-order chi connectivity index (χ1) is 5.90. The zero-order valence-electron chi connectivity index (χ0n) is 6.41. The Labute approximate surface area is 70.4 Å². The minimum Gasteiger partial charge on any atom is -0.291 e. The van der Waals surface area contributed by atoms with Crippen LogP contribution in [-0.4, -0.2) is 5.21 Å². The summed E-state index contributed by atoms with van der Waals surface area (Å²) in [5, 5.41) is 10.7. The molecule has 2 heteroatoms. The van der Waals surface area contributed by atoms with E-state index in [1.54, 1.807) is 6.07 Å². The minimum atomic E-state index is 0.591. The molecule has 0 aliphatic heterocycles. The van der Waals surface area contributed by atoms with Gasteiger partial charge in [-0.3, -0.25) is 10.7 Å². The lowest BCUT2D eigenvalue weighted by molar-refractivity contribution is 0.389. The van der Waals surface area contributed by atoms with Crippen molar-refractivity contribution in [3.05, 3.63) is 42.5 Å². The highest BCUT2D eigenvalue weighted by molar-refractivity contribution is 5.84. The van der Waals surface area contributed by atoms with Crippen LogP contribution in [0.5, 0.6) is 0 Å². The standard InChI is InChI=1S/C10H8NO/c12-11-10-6-5-8-3-1-2-4-9(8)7-10/h1-6,11-12H. The molecule has 1 radical (unpaired) electrons. The smallest absolute Gasteiger partial charge is 0.0687 e. The second-order valence-corrected chi connectivity index (χ2v) is 2.57. The number of anilines is 1. The molecule has 0 saturated heterocycles. The van der Waals surface area contributed by atoms with Gasteiger partial charge in [-0.1, -0.05) is 30.3 Å². The summed E-state index contributed by atoms with van der Waals surface area (Å²) in [5.41, 5.74) is 2.65. The maximum absolute atomic E-state index is 8.62. The van der Waals surface area contributed by atoms with Gasteiger partial charge in [0.1, 0.15) is 0 Å². The highest BCUT2D eigenvalue weighted by Gasteiger charge is 1.93. The number of rotatable bonds is 1. The fraction of sp³-hybridized carbons (Fsp3) is 0. The van der Waals surface area contributed by atoms with E-state index in [0.717, 1.165) is 10.8 Å². The van der Waals surface area contributed by atoms with Crippen molar-refractivity contribution in [3.8, 4) is 0 Å². The van der Waals surface area contributed by atoms with E-state index in [9.17, 15) is 0 Å². The van der Waals surface area contributed by atoms with Gasteiger partial charge in [-0.2, -0.15) is 0 Å². The van der Waals surface area contributed by atoms with E-state index in [2.05, 4.69) is 11.5 Å². The minimum absolute atomic E-state index is 0.591. The van der Waals surface area contributed by atoms with Crippen molar-refractivity contribution in [2.75, 3.05) is 5.48 Å². The summed E-state index contributed by atoms with van der Waals surface area (Å²) < 4.78 is 0. The maximum atomic E-state index is 8.62. The Kier molecular flexibility index (Phi) is 1.68. The topological polar surface area (TPSA) is 32.3 Å². The quantitative estimate of drug-likeness (QED) is 0.625. The molecule has 2 rings (SSSR count). The maximum Gasteiger partial charge on any atom is 0.0687 e. The van der Waals surface area contributed by atoms with Gasteiger partial charge in [0.25, 0.3) is 0 Å². The number of hydrogen-bond acceptors (Lipinski definition) is 2. The second-order valence-electron chi connectivity index (χ2n) is 2.57. The van der Waals surface area contributed by atoms with Crippen molar-refractivity contribution in [2.45, 2.75) is 0 Å². The van der Waals surface area contributed by atoms with Crippen LogP contribution in [-0.2, 0) is 0 Å². The summed E-state index contributed by atoms with van der Waals surface area (Å²) >= 11 is 0. The van der Waals surface area contributed by atoms with Crippen LogP contribution in [0.25, 0.3) is 10.8 Å². The van der Waals surface area contributed by atoms with Crippen LogP contribution in [0.2, 0.25) is 0 Å². The van der Waals surface area contributed by atoms with Gasteiger partial charge >= 0.3 is 0 Å². The summed E-state index contributed by atoms with van der Waals surface area (Å²) in [6, 6.07) is 14.6. The molecule has 0 heterocycles. The SMILES string of the molecule is ONc1[c]c2ccccc2cc1. The van der Waals surface area contributed by atoms with Gasteiger partial charge in [-0.15, -0.1) is 0 Å². The van der Waals surface area contributed by atoms with Crippen LogP contribution < -0.4 is 5.48 Å². The third-order valence-corrected chi connectivity index (χ3v) is 1.78. The van der Waals surface area contributed by atoms with E-state index >= 15 is 0 Å². The molecule has 0 atom stereocenters. The van der Waals surface area contributed by atoms with Gasteiger partial charge in [-0.05, 0) is 16.8 Å². The van der Waals surface area contributed by atoms with Crippen molar-refractivity contribution < 1.29 is 5.21 Å². The van der Waals surface area contributed by atoms with Crippen molar-refractivity contribution in [1.29, 1.82) is 0 Å². The third-order valence-electron chi connectivity index (χ3n) is 1.78. The van der Waals surface area contributed by atoms with E-state index in [-0.39, 0.29) is 0 Å². The van der Waals surface area contributed by atoms with E-state index in [1.165, 1.54) is 0 Å². The van der Waals surface area contributed by atoms with Crippen molar-refractivity contribution >= 4 is 16.5 Å². The predicted octanol–water partition coefficient (Wildman–Crippen LogP) is 2.44. The molecule has 0 aromatic heterocycles. The highest BCUT2D eigenvalue weighted by Crippen LogP contribution is 2.16. The monoisotopic (exact) mass is 158 g/mol. The molecule has 59 valence electrons. The lowest BCUT2D eigenvalue weighted by Crippen LogP contribution is -1.88. The van der Waals surface area contributed by atoms with Crippen LogP contribution in [0, 0.1) is 6.07 Å². The van der Waals surface area contributed by atoms with Gasteiger partial charge in [0.15, 0.2) is 0 Å². The molecule has 0 aliphatic carbocycles. The summed E-state index contributed by atoms with van der Waals surface area (Å²) in [6.07, 6.45) is 0. The first-order valence-electron chi connectivity index (χ1n) is 3.71. The van der Waals surface area contributed by atoms with Crippen LogP contribution in [0.1, 0.15) is 0 Å². The molecule has 0 spiro atoms. The first kappa shape index (κ1) is 7.13. The molecule has 0 saturated carbocycles. The fourth-order valence-corrected chi connectivity index (χ4v) is 1.18. The van der Waals surface area contributed by atoms with E-state index in [4.69, 9.17) is 5.21 Å². The molecule has 0 amide bonds. The number of hydrogen-bond donors (Lipinski definition) is 2. The van der Waals surface area contributed by atoms with E-state index < -0.39 is 0 Å². The molecule has 0 aliphatic rings. The molecule has 12 heavy (non-hydrogen) atoms. The van der Waals surface area contributed by atoms with Gasteiger partial charge in [0.05, 0.1) is 5.69 Å². The zero-order valence-corrected chi connectivity index (χ0v) is 6.41. The Morgan fingerprint density at radius 1 is 1.08 bits per heavy atom. The molecule has 2 N–H and O–H groups in total. The normalized spacial score (nSPS) is 10.1. The summed E-state index contributed by atoms with van der Waals surface area (Å²) in [5.74, 6) is 0. The lowest BCUT2D eigenvalue weighted by atomic mass is 10.1. The predicted molar refractivity (Wildman–Crippen MR) is 48.2 cm³/mol. The number of benzene rings is 2. The summed E-state index contributed by atoms with van der Waals surface area (Å²) in [7, 11) is 0. The van der Waals surface area contributed by atoms with E-state index in [0.29, 0.717) is 5.69 Å². The lowest BCUT2D eigenvalue weighted by Gasteiger charge is -1.99. The first-order valence-corrected chi connectivity index (χ1v) is 3.71. The Hall–Kier alpha value is -1.54. The molecule has 2 nitrogen and oxygen atoms in total. The Morgan fingerprint density at radius 3 is 2.75 bits per heavy atom. The molecular weight excluding hydrogens is 150 g/mol. The molecule has 0 bridgehead atoms. The largest absolute Gasteiger partial charge is 0.291 e. The van der Waals surface area contributed by atoms with Gasteiger partial charge in [-0.25, -0.2) is 0 Å². The van der Waals surface area contributed by atoms with Crippen molar-refractivity contribution in [1.82, 2.24) is 0 Å². The zero-order chi connectivity index (χ0) is 8.39. The molecule has 0 unspecified atom stereocenters. The number of nitrogens with one attached hydrogen (secondary N) is 1. The Morgan fingerprint density at radius 2 is 1.92 bits per heavy atom. The summed E-state index contributed by atoms with van der Waals surface area (Å²) in [4.78, 5) is 0. The molecule has 0 fully saturated rings. The summed E-state index contributed by atoms with van der Waals surface area (Å²) in [6.45, 7) is 0. The molecule has 2 aromatic carbocycles. The average Bonchev–Trinajstić information content (AvgIpc) is 2.17. The fourth-order valence-electron chi connectivity index (χ4n) is 1.18. The van der Waals surface area contributed by atoms with Crippen molar-refractivity contribution in [2.24, 2.45) is 0 Å². The average molecular weight is 158 g/mol. The highest BCUT2D eigenvalue weighted by atomic mass is 16.5. The Balaban J connectivity index is 2.67. The Bertz CT molecular complexity index is 398. The number of fused-ring (bicyclic) bond motifs is 1. The van der Waals surface area contributed by atoms with E-state index in [1.807, 2.05) is 30.3 Å². The molecular formula is C10H8NO. The second kappa shape index (κ2) is 2.83. The van der Waals surface area contributed by atoms with Crippen LogP contribution >= 0.6 is 0 Å².